The molecule has 3 rings (SSSR count). The van der Waals surface area contributed by atoms with E-state index >= 15 is 0 Å². The van der Waals surface area contributed by atoms with Gasteiger partial charge in [0.05, 0.1) is 24.8 Å². The van der Waals surface area contributed by atoms with Gasteiger partial charge in [-0.05, 0) is 62.4 Å². The second-order valence-corrected chi connectivity index (χ2v) is 7.99. The number of nitrogens with one attached hydrogen (secondary N) is 1. The van der Waals surface area contributed by atoms with Crippen molar-refractivity contribution in [1.82, 2.24) is 14.9 Å². The largest absolute Gasteiger partial charge is 0.573 e. The maximum absolute atomic E-state index is 12.5. The Labute approximate surface area is 187 Å². The van der Waals surface area contributed by atoms with Gasteiger partial charge in [-0.15, -0.1) is 13.2 Å². The molecule has 2 aromatic carbocycles. The number of amides is 1. The van der Waals surface area contributed by atoms with Gasteiger partial charge in [0.2, 0.25) is 5.91 Å². The van der Waals surface area contributed by atoms with Crippen LogP contribution >= 0.6 is 11.8 Å². The minimum absolute atomic E-state index is 0.0129. The number of hydrogen-bond donors (Lipinski definition) is 1. The normalized spacial score (nSPS) is 11.5. The van der Waals surface area contributed by atoms with Gasteiger partial charge in [0.1, 0.15) is 11.5 Å². The zero-order valence-corrected chi connectivity index (χ0v) is 18.5. The highest BCUT2D eigenvalue weighted by Gasteiger charge is 2.31. The minimum atomic E-state index is -4.77. The molecule has 0 spiro atoms. The van der Waals surface area contributed by atoms with Crippen LogP contribution in [0.15, 0.2) is 59.9 Å². The Hall–Kier alpha value is -3.14. The molecule has 1 amide bonds. The molecule has 6 nitrogen and oxygen atoms in total. The number of ether oxygens (including phenoxy) is 2. The molecule has 0 radical (unpaired) electrons. The predicted molar refractivity (Wildman–Crippen MR) is 116 cm³/mol. The summed E-state index contributed by atoms with van der Waals surface area (Å²) in [5.41, 5.74) is 2.12. The van der Waals surface area contributed by atoms with Gasteiger partial charge in [-0.3, -0.25) is 9.36 Å². The van der Waals surface area contributed by atoms with Crippen LogP contribution in [0.4, 0.5) is 13.2 Å². The van der Waals surface area contributed by atoms with E-state index in [0.29, 0.717) is 22.3 Å². The van der Waals surface area contributed by atoms with Gasteiger partial charge in [-0.2, -0.15) is 0 Å². The van der Waals surface area contributed by atoms with Crippen molar-refractivity contribution in [3.63, 3.8) is 0 Å². The zero-order chi connectivity index (χ0) is 23.3. The number of imidazole rings is 1. The molecule has 170 valence electrons. The number of aromatic nitrogens is 2. The summed E-state index contributed by atoms with van der Waals surface area (Å²) in [6.45, 7) is 3.74. The molecule has 1 heterocycles. The first-order chi connectivity index (χ1) is 15.2. The number of carbonyl (C=O) groups excluding carboxylic acids is 1. The van der Waals surface area contributed by atoms with E-state index in [1.807, 2.05) is 26.0 Å². The molecule has 0 unspecified atom stereocenters. The Balaban J connectivity index is 1.96. The Morgan fingerprint density at radius 2 is 1.72 bits per heavy atom. The summed E-state index contributed by atoms with van der Waals surface area (Å²) in [4.78, 5) is 16.5. The lowest BCUT2D eigenvalue weighted by molar-refractivity contribution is -0.274. The third-order valence-electron chi connectivity index (χ3n) is 4.23. The molecule has 0 aliphatic rings. The molecule has 0 atom stereocenters. The summed E-state index contributed by atoms with van der Waals surface area (Å²) in [5, 5.41) is 3.35. The van der Waals surface area contributed by atoms with E-state index in [1.165, 1.54) is 36.0 Å². The van der Waals surface area contributed by atoms with E-state index in [-0.39, 0.29) is 23.5 Å². The number of carbonyl (C=O) groups is 1. The van der Waals surface area contributed by atoms with Crippen molar-refractivity contribution in [1.29, 1.82) is 0 Å². The second-order valence-electron chi connectivity index (χ2n) is 7.04. The van der Waals surface area contributed by atoms with E-state index in [9.17, 15) is 18.0 Å². The maximum atomic E-state index is 12.5. The van der Waals surface area contributed by atoms with Crippen LogP contribution < -0.4 is 14.8 Å². The molecule has 32 heavy (non-hydrogen) atoms. The first kappa shape index (κ1) is 23.5. The zero-order valence-electron chi connectivity index (χ0n) is 17.6. The third-order valence-corrected chi connectivity index (χ3v) is 5.18. The highest BCUT2D eigenvalue weighted by Crippen LogP contribution is 2.32. The monoisotopic (exact) mass is 465 g/mol. The number of halogens is 3. The van der Waals surface area contributed by atoms with Crippen molar-refractivity contribution in [3.05, 3.63) is 54.7 Å². The van der Waals surface area contributed by atoms with E-state index in [1.54, 1.807) is 30.0 Å². The predicted octanol–water partition coefficient (Wildman–Crippen LogP) is 5.06. The van der Waals surface area contributed by atoms with Crippen molar-refractivity contribution < 1.29 is 27.4 Å². The number of thioether (sulfide) groups is 1. The average molecular weight is 465 g/mol. The number of nitrogens with zero attached hydrogens (tertiary/aromatic N) is 2. The van der Waals surface area contributed by atoms with Crippen molar-refractivity contribution in [3.8, 4) is 28.4 Å². The van der Waals surface area contributed by atoms with Crippen molar-refractivity contribution in [2.45, 2.75) is 31.4 Å². The van der Waals surface area contributed by atoms with Crippen LogP contribution in [0.2, 0.25) is 0 Å². The number of benzene rings is 2. The Bertz CT molecular complexity index is 1050. The van der Waals surface area contributed by atoms with Crippen molar-refractivity contribution in [2.75, 3.05) is 12.9 Å². The summed E-state index contributed by atoms with van der Waals surface area (Å²) < 4.78 is 48.5. The summed E-state index contributed by atoms with van der Waals surface area (Å²) in [5.74, 6) is 0.373. The fraction of sp³-hybridized carbons (Fsp3) is 0.273. The molecule has 0 fully saturated rings. The molecule has 10 heteroatoms. The van der Waals surface area contributed by atoms with Crippen molar-refractivity contribution in [2.24, 2.45) is 0 Å². The van der Waals surface area contributed by atoms with Crippen molar-refractivity contribution >= 4 is 17.7 Å². The van der Waals surface area contributed by atoms with Crippen LogP contribution in [0.25, 0.3) is 16.9 Å². The van der Waals surface area contributed by atoms with Crippen LogP contribution in [0.3, 0.4) is 0 Å². The van der Waals surface area contributed by atoms with Crippen LogP contribution in [0.1, 0.15) is 13.8 Å². The highest BCUT2D eigenvalue weighted by atomic mass is 32.2. The van der Waals surface area contributed by atoms with Gasteiger partial charge in [0.25, 0.3) is 0 Å². The molecule has 0 aliphatic carbocycles. The SMILES string of the molecule is COc1ccc(-c2cnc(SCC(=O)NC(C)C)n2-c2ccc(OC(F)(F)F)cc2)cc1. The van der Waals surface area contributed by atoms with Gasteiger partial charge in [0.15, 0.2) is 5.16 Å². The number of rotatable bonds is 8. The van der Waals surface area contributed by atoms with E-state index in [4.69, 9.17) is 4.74 Å². The topological polar surface area (TPSA) is 65.4 Å². The lowest BCUT2D eigenvalue weighted by atomic mass is 10.1. The summed E-state index contributed by atoms with van der Waals surface area (Å²) in [6, 6.07) is 12.8. The first-order valence-corrected chi connectivity index (χ1v) is 10.7. The number of methoxy groups -OCH3 is 1. The molecular weight excluding hydrogens is 443 g/mol. The number of hydrogen-bond acceptors (Lipinski definition) is 5. The molecule has 0 saturated carbocycles. The first-order valence-electron chi connectivity index (χ1n) is 9.67. The van der Waals surface area contributed by atoms with Crippen LogP contribution in [0.5, 0.6) is 11.5 Å². The Kier molecular flexibility index (Phi) is 7.34. The lowest BCUT2D eigenvalue weighted by Gasteiger charge is -2.14. The second kappa shape index (κ2) is 9.99. The molecule has 0 saturated heterocycles. The highest BCUT2D eigenvalue weighted by molar-refractivity contribution is 7.99. The number of alkyl halides is 3. The van der Waals surface area contributed by atoms with Gasteiger partial charge in [-0.1, -0.05) is 11.8 Å². The van der Waals surface area contributed by atoms with E-state index in [0.717, 1.165) is 5.56 Å². The third kappa shape index (κ3) is 6.19. The fourth-order valence-electron chi connectivity index (χ4n) is 2.94. The van der Waals surface area contributed by atoms with Gasteiger partial charge in [0, 0.05) is 17.3 Å². The smallest absolute Gasteiger partial charge is 0.497 e. The molecule has 0 aliphatic heterocycles. The summed E-state index contributed by atoms with van der Waals surface area (Å²) in [7, 11) is 1.57. The van der Waals surface area contributed by atoms with Gasteiger partial charge < -0.3 is 14.8 Å². The van der Waals surface area contributed by atoms with E-state index in [2.05, 4.69) is 15.0 Å². The average Bonchev–Trinajstić information content (AvgIpc) is 3.15. The Morgan fingerprint density at radius 1 is 1.09 bits per heavy atom. The summed E-state index contributed by atoms with van der Waals surface area (Å²) in [6.07, 6.45) is -3.11. The van der Waals surface area contributed by atoms with Crippen LogP contribution in [-0.2, 0) is 4.79 Å². The molecule has 3 aromatic rings. The standard InChI is InChI=1S/C22H22F3N3O3S/c1-14(2)27-20(29)13-32-21-26-12-19(15-4-8-17(30-3)9-5-15)28(21)16-6-10-18(11-7-16)31-22(23,24)25/h4-12,14H,13H2,1-3H3,(H,27,29). The van der Waals surface area contributed by atoms with Crippen LogP contribution in [-0.4, -0.2) is 40.7 Å². The van der Waals surface area contributed by atoms with Gasteiger partial charge >= 0.3 is 6.36 Å². The molecule has 1 aromatic heterocycles. The molecule has 1 N–H and O–H groups in total. The lowest BCUT2D eigenvalue weighted by Crippen LogP contribution is -2.31. The quantitative estimate of drug-likeness (QED) is 0.471. The molecular formula is C22H22F3N3O3S. The summed E-state index contributed by atoms with van der Waals surface area (Å²) >= 11 is 1.23. The van der Waals surface area contributed by atoms with E-state index < -0.39 is 6.36 Å². The van der Waals surface area contributed by atoms with Crippen LogP contribution in [0, 0.1) is 0 Å². The molecule has 0 bridgehead atoms. The fourth-order valence-corrected chi connectivity index (χ4v) is 3.75. The maximum Gasteiger partial charge on any atom is 0.573 e. The minimum Gasteiger partial charge on any atom is -0.497 e. The Morgan fingerprint density at radius 3 is 2.28 bits per heavy atom. The van der Waals surface area contributed by atoms with Gasteiger partial charge in [-0.25, -0.2) is 4.98 Å².